The molecule has 0 unspecified atom stereocenters. The summed E-state index contributed by atoms with van der Waals surface area (Å²) >= 11 is 5.70. The Labute approximate surface area is 89.8 Å². The molecule has 0 spiro atoms. The largest absolute Gasteiger partial charge is 0.454 e. The Kier molecular flexibility index (Phi) is 1.63. The third-order valence-corrected chi connectivity index (χ3v) is 2.36. The first-order valence-electron chi connectivity index (χ1n) is 4.26. The highest BCUT2D eigenvalue weighted by molar-refractivity contribution is 6.28. The van der Waals surface area contributed by atoms with Gasteiger partial charge in [-0.25, -0.2) is 9.97 Å². The van der Waals surface area contributed by atoms with Gasteiger partial charge in [-0.05, 0) is 17.7 Å². The Morgan fingerprint density at radius 1 is 1.20 bits per heavy atom. The molecule has 0 amide bonds. The number of halogens is 1. The van der Waals surface area contributed by atoms with Gasteiger partial charge in [-0.2, -0.15) is 0 Å². The molecule has 15 heavy (non-hydrogen) atoms. The summed E-state index contributed by atoms with van der Waals surface area (Å²) in [5, 5.41) is 0.836. The lowest BCUT2D eigenvalue weighted by Crippen LogP contribution is -1.94. The molecule has 2 N–H and O–H groups in total. The van der Waals surface area contributed by atoms with Gasteiger partial charge in [0.2, 0.25) is 12.1 Å². The summed E-state index contributed by atoms with van der Waals surface area (Å²) in [6.45, 7) is 0.215. The van der Waals surface area contributed by atoms with E-state index >= 15 is 0 Å². The predicted molar refractivity (Wildman–Crippen MR) is 55.1 cm³/mol. The van der Waals surface area contributed by atoms with E-state index in [0.29, 0.717) is 28.2 Å². The van der Waals surface area contributed by atoms with E-state index in [0.717, 1.165) is 0 Å². The van der Waals surface area contributed by atoms with Gasteiger partial charge in [-0.3, -0.25) is 0 Å². The zero-order valence-corrected chi connectivity index (χ0v) is 8.28. The predicted octanol–water partition coefficient (Wildman–Crippen LogP) is 1.59. The van der Waals surface area contributed by atoms with Crippen molar-refractivity contribution in [3.63, 3.8) is 0 Å². The van der Waals surface area contributed by atoms with Crippen molar-refractivity contribution in [3.05, 3.63) is 17.4 Å². The smallest absolute Gasteiger partial charge is 0.231 e. The number of nitrogens with zero attached hydrogens (tertiary/aromatic N) is 2. The van der Waals surface area contributed by atoms with Crippen LogP contribution in [0.5, 0.6) is 11.5 Å². The third kappa shape index (κ3) is 1.24. The van der Waals surface area contributed by atoms with E-state index in [2.05, 4.69) is 9.97 Å². The lowest BCUT2D eigenvalue weighted by atomic mass is 10.2. The standard InChI is InChI=1S/C9H6ClN3O2/c10-9-12-5-2-7-6(14-3-15-7)1-4(5)8(11)13-9/h1-2H,3H2,(H2,11,12,13). The molecule has 0 saturated carbocycles. The minimum Gasteiger partial charge on any atom is -0.454 e. The van der Waals surface area contributed by atoms with Gasteiger partial charge >= 0.3 is 0 Å². The van der Waals surface area contributed by atoms with Crippen LogP contribution in [-0.2, 0) is 0 Å². The van der Waals surface area contributed by atoms with Crippen molar-refractivity contribution in [2.24, 2.45) is 0 Å². The van der Waals surface area contributed by atoms with Crippen molar-refractivity contribution in [1.29, 1.82) is 0 Å². The van der Waals surface area contributed by atoms with Crippen LogP contribution in [0.2, 0.25) is 5.28 Å². The summed E-state index contributed by atoms with van der Waals surface area (Å²) in [5.41, 5.74) is 6.37. The highest BCUT2D eigenvalue weighted by Crippen LogP contribution is 2.36. The van der Waals surface area contributed by atoms with Gasteiger partial charge in [0.05, 0.1) is 5.52 Å². The van der Waals surface area contributed by atoms with Crippen LogP contribution in [0.15, 0.2) is 12.1 Å². The summed E-state index contributed by atoms with van der Waals surface area (Å²) in [7, 11) is 0. The zero-order chi connectivity index (χ0) is 10.4. The second kappa shape index (κ2) is 2.87. The molecule has 1 aromatic carbocycles. The maximum atomic E-state index is 5.72. The van der Waals surface area contributed by atoms with Crippen LogP contribution in [0, 0.1) is 0 Å². The first-order chi connectivity index (χ1) is 7.24. The fourth-order valence-electron chi connectivity index (χ4n) is 1.51. The number of aromatic nitrogens is 2. The molecule has 2 aromatic rings. The Hall–Kier alpha value is -1.75. The van der Waals surface area contributed by atoms with Gasteiger partial charge < -0.3 is 15.2 Å². The van der Waals surface area contributed by atoms with Gasteiger partial charge in [-0.1, -0.05) is 0 Å². The second-order valence-corrected chi connectivity index (χ2v) is 3.44. The van der Waals surface area contributed by atoms with E-state index in [1.54, 1.807) is 12.1 Å². The number of anilines is 1. The number of hydrogen-bond donors (Lipinski definition) is 1. The van der Waals surface area contributed by atoms with E-state index < -0.39 is 0 Å². The number of fused-ring (bicyclic) bond motifs is 2. The van der Waals surface area contributed by atoms with E-state index in [1.165, 1.54) is 0 Å². The van der Waals surface area contributed by atoms with E-state index in [-0.39, 0.29) is 12.1 Å². The average molecular weight is 224 g/mol. The minimum absolute atomic E-state index is 0.124. The first kappa shape index (κ1) is 8.55. The van der Waals surface area contributed by atoms with Crippen molar-refractivity contribution >= 4 is 28.3 Å². The van der Waals surface area contributed by atoms with Crippen LogP contribution < -0.4 is 15.2 Å². The van der Waals surface area contributed by atoms with Gasteiger partial charge in [0.15, 0.2) is 11.5 Å². The molecule has 0 radical (unpaired) electrons. The molecular weight excluding hydrogens is 218 g/mol. The Morgan fingerprint density at radius 2 is 1.93 bits per heavy atom. The maximum Gasteiger partial charge on any atom is 0.231 e. The van der Waals surface area contributed by atoms with Gasteiger partial charge in [-0.15, -0.1) is 0 Å². The molecule has 76 valence electrons. The first-order valence-corrected chi connectivity index (χ1v) is 4.64. The van der Waals surface area contributed by atoms with Crippen molar-refractivity contribution in [3.8, 4) is 11.5 Å². The third-order valence-electron chi connectivity index (χ3n) is 2.19. The minimum atomic E-state index is 0.124. The average Bonchev–Trinajstić information content (AvgIpc) is 2.61. The summed E-state index contributed by atoms with van der Waals surface area (Å²) in [6, 6.07) is 3.49. The SMILES string of the molecule is Nc1nc(Cl)nc2cc3c(cc12)OCO3. The molecule has 0 atom stereocenters. The Balaban J connectivity index is 2.38. The number of hydrogen-bond acceptors (Lipinski definition) is 5. The van der Waals surface area contributed by atoms with Gasteiger partial charge in [0.1, 0.15) is 5.82 Å². The fraction of sp³-hybridized carbons (Fsp3) is 0.111. The zero-order valence-electron chi connectivity index (χ0n) is 7.53. The van der Waals surface area contributed by atoms with E-state index in [9.17, 15) is 0 Å². The summed E-state index contributed by atoms with van der Waals surface area (Å²) in [5.74, 6) is 1.64. The van der Waals surface area contributed by atoms with Crippen molar-refractivity contribution in [2.45, 2.75) is 0 Å². The molecule has 0 fully saturated rings. The Bertz CT molecular complexity index is 559. The van der Waals surface area contributed by atoms with Crippen LogP contribution in [0.25, 0.3) is 10.9 Å². The molecule has 1 aromatic heterocycles. The van der Waals surface area contributed by atoms with Crippen molar-refractivity contribution in [1.82, 2.24) is 9.97 Å². The number of benzene rings is 1. The van der Waals surface area contributed by atoms with Gasteiger partial charge in [0.25, 0.3) is 0 Å². The lowest BCUT2D eigenvalue weighted by molar-refractivity contribution is 0.174. The molecule has 1 aliphatic rings. The molecule has 0 aliphatic carbocycles. The number of rotatable bonds is 0. The topological polar surface area (TPSA) is 70.3 Å². The van der Waals surface area contributed by atoms with Crippen molar-refractivity contribution in [2.75, 3.05) is 12.5 Å². The number of ether oxygens (including phenoxy) is 2. The van der Waals surface area contributed by atoms with Crippen LogP contribution in [0.1, 0.15) is 0 Å². The van der Waals surface area contributed by atoms with E-state index in [1.807, 2.05) is 0 Å². The molecule has 2 heterocycles. The van der Waals surface area contributed by atoms with Gasteiger partial charge in [0, 0.05) is 11.5 Å². The number of nitrogen functional groups attached to an aromatic ring is 1. The van der Waals surface area contributed by atoms with Crippen molar-refractivity contribution < 1.29 is 9.47 Å². The normalized spacial score (nSPS) is 13.4. The van der Waals surface area contributed by atoms with E-state index in [4.69, 9.17) is 26.8 Å². The highest BCUT2D eigenvalue weighted by atomic mass is 35.5. The fourth-order valence-corrected chi connectivity index (χ4v) is 1.70. The molecule has 6 heteroatoms. The van der Waals surface area contributed by atoms with Crippen LogP contribution in [-0.4, -0.2) is 16.8 Å². The highest BCUT2D eigenvalue weighted by Gasteiger charge is 2.16. The van der Waals surface area contributed by atoms with Crippen LogP contribution in [0.3, 0.4) is 0 Å². The summed E-state index contributed by atoms with van der Waals surface area (Å²) in [6.07, 6.45) is 0. The second-order valence-electron chi connectivity index (χ2n) is 3.10. The monoisotopic (exact) mass is 223 g/mol. The molecular formula is C9H6ClN3O2. The molecule has 1 aliphatic heterocycles. The quantitative estimate of drug-likeness (QED) is 0.687. The van der Waals surface area contributed by atoms with Crippen LogP contribution in [0.4, 0.5) is 5.82 Å². The summed E-state index contributed by atoms with van der Waals surface area (Å²) in [4.78, 5) is 7.92. The lowest BCUT2D eigenvalue weighted by Gasteiger charge is -2.02. The molecule has 5 nitrogen and oxygen atoms in total. The Morgan fingerprint density at radius 3 is 2.73 bits per heavy atom. The molecule has 0 saturated heterocycles. The summed E-state index contributed by atoms with van der Waals surface area (Å²) < 4.78 is 10.4. The molecule has 3 rings (SSSR count). The maximum absolute atomic E-state index is 5.72. The van der Waals surface area contributed by atoms with Crippen LogP contribution >= 0.6 is 11.6 Å². The molecule has 0 bridgehead atoms. The number of nitrogens with two attached hydrogens (primary N) is 1.